The van der Waals surface area contributed by atoms with E-state index >= 15 is 0 Å². The van der Waals surface area contributed by atoms with Gasteiger partial charge in [-0.2, -0.15) is 0 Å². The summed E-state index contributed by atoms with van der Waals surface area (Å²) in [6, 6.07) is -1.17. The van der Waals surface area contributed by atoms with E-state index < -0.39 is 35.2 Å². The Balaban J connectivity index is 5.03. The molecule has 0 aromatic rings. The van der Waals surface area contributed by atoms with Gasteiger partial charge in [0.05, 0.1) is 13.5 Å². The number of carbonyl (C=O) groups excluding carboxylic acids is 3. The number of nitrogens with one attached hydrogen (secondary N) is 1. The van der Waals surface area contributed by atoms with Gasteiger partial charge in [-0.3, -0.25) is 9.63 Å². The van der Waals surface area contributed by atoms with Crippen LogP contribution in [0.25, 0.3) is 0 Å². The zero-order valence-electron chi connectivity index (χ0n) is 15.2. The lowest BCUT2D eigenvalue weighted by Crippen LogP contribution is -2.48. The monoisotopic (exact) mass is 332 g/mol. The molecule has 0 aliphatic heterocycles. The highest BCUT2D eigenvalue weighted by Gasteiger charge is 2.31. The molecule has 1 N–H and O–H groups in total. The average molecular weight is 332 g/mol. The number of nitrogens with zero attached hydrogens (tertiary/aromatic N) is 1. The van der Waals surface area contributed by atoms with Crippen LogP contribution in [0.5, 0.6) is 0 Å². The molecule has 23 heavy (non-hydrogen) atoms. The molecule has 0 aliphatic rings. The van der Waals surface area contributed by atoms with Gasteiger partial charge in [-0.25, -0.2) is 14.7 Å². The van der Waals surface area contributed by atoms with Crippen molar-refractivity contribution >= 4 is 18.0 Å². The highest BCUT2D eigenvalue weighted by Crippen LogP contribution is 2.12. The van der Waals surface area contributed by atoms with Gasteiger partial charge in [-0.1, -0.05) is 0 Å². The lowest BCUT2D eigenvalue weighted by atomic mass is 10.1. The third kappa shape index (κ3) is 9.72. The second-order valence-electron chi connectivity index (χ2n) is 7.01. The number of hydrogen-bond donors (Lipinski definition) is 1. The van der Waals surface area contributed by atoms with Crippen LogP contribution in [0.15, 0.2) is 0 Å². The maximum Gasteiger partial charge on any atom is 0.408 e. The minimum Gasteiger partial charge on any atom is -0.458 e. The molecular weight excluding hydrogens is 304 g/mol. The first-order chi connectivity index (χ1) is 10.2. The lowest BCUT2D eigenvalue weighted by molar-refractivity contribution is -0.172. The van der Waals surface area contributed by atoms with Crippen molar-refractivity contribution in [2.75, 3.05) is 14.2 Å². The predicted molar refractivity (Wildman–Crippen MR) is 83.4 cm³/mol. The van der Waals surface area contributed by atoms with Crippen molar-refractivity contribution in [1.29, 1.82) is 0 Å². The van der Waals surface area contributed by atoms with Crippen molar-refractivity contribution in [2.24, 2.45) is 0 Å². The zero-order chi connectivity index (χ0) is 18.4. The van der Waals surface area contributed by atoms with E-state index in [9.17, 15) is 14.4 Å². The Hall–Kier alpha value is -1.83. The fourth-order valence-electron chi connectivity index (χ4n) is 1.42. The molecule has 8 nitrogen and oxygen atoms in total. The van der Waals surface area contributed by atoms with E-state index in [4.69, 9.17) is 14.3 Å². The van der Waals surface area contributed by atoms with Crippen LogP contribution in [0.1, 0.15) is 48.0 Å². The Labute approximate surface area is 137 Å². The molecular formula is C15H28N2O6. The van der Waals surface area contributed by atoms with Crippen molar-refractivity contribution in [1.82, 2.24) is 10.4 Å². The number of rotatable bonds is 5. The van der Waals surface area contributed by atoms with Gasteiger partial charge in [0.15, 0.2) is 0 Å². The fraction of sp³-hybridized carbons (Fsp3) is 0.800. The number of amides is 2. The van der Waals surface area contributed by atoms with Crippen LogP contribution in [0.3, 0.4) is 0 Å². The second-order valence-corrected chi connectivity index (χ2v) is 7.01. The topological polar surface area (TPSA) is 94.2 Å². The summed E-state index contributed by atoms with van der Waals surface area (Å²) in [5.41, 5.74) is -1.48. The summed E-state index contributed by atoms with van der Waals surface area (Å²) in [4.78, 5) is 40.8. The molecule has 0 heterocycles. The first-order valence-corrected chi connectivity index (χ1v) is 7.28. The average Bonchev–Trinajstić information content (AvgIpc) is 2.32. The highest BCUT2D eigenvalue weighted by atomic mass is 16.7. The van der Waals surface area contributed by atoms with Gasteiger partial charge in [0, 0.05) is 7.05 Å². The van der Waals surface area contributed by atoms with Gasteiger partial charge >= 0.3 is 12.1 Å². The number of esters is 1. The molecule has 1 atom stereocenters. The van der Waals surface area contributed by atoms with Crippen LogP contribution in [0.2, 0.25) is 0 Å². The molecule has 0 radical (unpaired) electrons. The third-order valence-electron chi connectivity index (χ3n) is 2.39. The maximum absolute atomic E-state index is 12.2. The van der Waals surface area contributed by atoms with Gasteiger partial charge in [0.2, 0.25) is 5.91 Å². The lowest BCUT2D eigenvalue weighted by Gasteiger charge is -2.26. The van der Waals surface area contributed by atoms with Crippen LogP contribution in [0, 0.1) is 0 Å². The Kier molecular flexibility index (Phi) is 7.50. The molecule has 0 bridgehead atoms. The molecule has 0 spiro atoms. The summed E-state index contributed by atoms with van der Waals surface area (Å²) in [6.07, 6.45) is -1.11. The molecule has 0 fully saturated rings. The van der Waals surface area contributed by atoms with Gasteiger partial charge in [-0.15, -0.1) is 0 Å². The van der Waals surface area contributed by atoms with E-state index in [-0.39, 0.29) is 6.42 Å². The SMILES string of the molecule is CON(C)C(=O)C[C@@H](NC(=O)OC(C)(C)C)C(=O)OC(C)(C)C. The van der Waals surface area contributed by atoms with Crippen molar-refractivity contribution in [2.45, 2.75) is 65.2 Å². The summed E-state index contributed by atoms with van der Waals surface area (Å²) < 4.78 is 10.3. The zero-order valence-corrected chi connectivity index (χ0v) is 15.2. The molecule has 0 aliphatic carbocycles. The van der Waals surface area contributed by atoms with E-state index in [0.29, 0.717) is 0 Å². The highest BCUT2D eigenvalue weighted by molar-refractivity contribution is 5.87. The number of alkyl carbamates (subject to hydrolysis) is 1. The van der Waals surface area contributed by atoms with Gasteiger partial charge in [0.25, 0.3) is 0 Å². The van der Waals surface area contributed by atoms with Crippen LogP contribution in [-0.4, -0.2) is 54.4 Å². The van der Waals surface area contributed by atoms with Gasteiger partial charge in [-0.05, 0) is 41.5 Å². The number of ether oxygens (including phenoxy) is 2. The van der Waals surface area contributed by atoms with Crippen LogP contribution < -0.4 is 5.32 Å². The Morgan fingerprint density at radius 1 is 1.00 bits per heavy atom. The van der Waals surface area contributed by atoms with Gasteiger partial charge < -0.3 is 14.8 Å². The summed E-state index contributed by atoms with van der Waals surface area (Å²) in [6.45, 7) is 10.2. The van der Waals surface area contributed by atoms with Crippen molar-refractivity contribution < 1.29 is 28.7 Å². The van der Waals surface area contributed by atoms with Crippen LogP contribution >= 0.6 is 0 Å². The third-order valence-corrected chi connectivity index (χ3v) is 2.39. The molecule has 0 aromatic heterocycles. The molecule has 2 amide bonds. The first kappa shape index (κ1) is 21.2. The fourth-order valence-corrected chi connectivity index (χ4v) is 1.42. The molecule has 8 heteroatoms. The molecule has 0 unspecified atom stereocenters. The Morgan fingerprint density at radius 2 is 1.48 bits per heavy atom. The van der Waals surface area contributed by atoms with E-state index in [1.165, 1.54) is 14.2 Å². The molecule has 0 aromatic carbocycles. The van der Waals surface area contributed by atoms with E-state index in [1.807, 2.05) is 0 Å². The van der Waals surface area contributed by atoms with Crippen molar-refractivity contribution in [3.8, 4) is 0 Å². The minimum atomic E-state index is -1.17. The molecule has 134 valence electrons. The second kappa shape index (κ2) is 8.14. The summed E-state index contributed by atoms with van der Waals surface area (Å²) in [5, 5.41) is 3.33. The minimum absolute atomic E-state index is 0.307. The van der Waals surface area contributed by atoms with Crippen molar-refractivity contribution in [3.05, 3.63) is 0 Å². The standard InChI is InChI=1S/C15H28N2O6/c1-14(2,3)22-12(19)10(9-11(18)17(7)21-8)16-13(20)23-15(4,5)6/h10H,9H2,1-8H3,(H,16,20)/t10-/m1/s1. The smallest absolute Gasteiger partial charge is 0.408 e. The van der Waals surface area contributed by atoms with E-state index in [2.05, 4.69) is 5.32 Å². The quantitative estimate of drug-likeness (QED) is 0.607. The van der Waals surface area contributed by atoms with Gasteiger partial charge in [0.1, 0.15) is 17.2 Å². The molecule has 0 rings (SSSR count). The summed E-state index contributed by atoms with van der Waals surface area (Å²) in [5.74, 6) is -1.21. The number of carbonyl (C=O) groups is 3. The Morgan fingerprint density at radius 3 is 1.87 bits per heavy atom. The van der Waals surface area contributed by atoms with E-state index in [0.717, 1.165) is 5.06 Å². The van der Waals surface area contributed by atoms with Crippen LogP contribution in [-0.2, 0) is 23.9 Å². The first-order valence-electron chi connectivity index (χ1n) is 7.28. The summed E-state index contributed by atoms with van der Waals surface area (Å²) >= 11 is 0. The normalized spacial score (nSPS) is 13.0. The number of hydrogen-bond acceptors (Lipinski definition) is 6. The van der Waals surface area contributed by atoms with E-state index in [1.54, 1.807) is 41.5 Å². The predicted octanol–water partition coefficient (Wildman–Crippen LogP) is 1.63. The van der Waals surface area contributed by atoms with Crippen molar-refractivity contribution in [3.63, 3.8) is 0 Å². The maximum atomic E-state index is 12.2. The largest absolute Gasteiger partial charge is 0.458 e. The van der Waals surface area contributed by atoms with Crippen LogP contribution in [0.4, 0.5) is 4.79 Å². The Bertz CT molecular complexity index is 436. The summed E-state index contributed by atoms with van der Waals surface area (Å²) in [7, 11) is 2.73. The molecule has 0 saturated heterocycles. The molecule has 0 saturated carbocycles. The number of hydroxylamine groups is 2.